The number of pyridine rings is 1. The zero-order valence-corrected chi connectivity index (χ0v) is 13.1. The molecule has 2 aromatic heterocycles. The number of nitrogens with zero attached hydrogens (tertiary/aromatic N) is 4. The summed E-state index contributed by atoms with van der Waals surface area (Å²) in [5.41, 5.74) is -0.0761. The predicted octanol–water partition coefficient (Wildman–Crippen LogP) is 3.65. The fourth-order valence-electron chi connectivity index (χ4n) is 2.68. The third-order valence-electron chi connectivity index (χ3n) is 4.12. The fourth-order valence-corrected chi connectivity index (χ4v) is 2.68. The fraction of sp³-hybridized carbons (Fsp3) is 0.278. The average Bonchev–Trinajstić information content (AvgIpc) is 3.32. The molecule has 0 saturated heterocycles. The maximum absolute atomic E-state index is 13.6. The minimum Gasteiger partial charge on any atom is -0.265 e. The van der Waals surface area contributed by atoms with Gasteiger partial charge in [-0.2, -0.15) is 13.2 Å². The van der Waals surface area contributed by atoms with E-state index in [1.165, 1.54) is 6.07 Å². The number of rotatable bonds is 2. The maximum atomic E-state index is 13.6. The minimum atomic E-state index is -4.55. The SMILES string of the molecule is FC(F)(F)c1c(C#Cc2ccncc2)ccc2c1nnn2CC1CC1. The van der Waals surface area contributed by atoms with Gasteiger partial charge in [0, 0.05) is 30.1 Å². The molecule has 1 aliphatic rings. The van der Waals surface area contributed by atoms with Crippen LogP contribution in [0, 0.1) is 17.8 Å². The molecule has 0 bridgehead atoms. The smallest absolute Gasteiger partial charge is 0.265 e. The van der Waals surface area contributed by atoms with Crippen LogP contribution in [-0.2, 0) is 12.7 Å². The Bertz CT molecular complexity index is 976. The second-order valence-electron chi connectivity index (χ2n) is 6.05. The highest BCUT2D eigenvalue weighted by molar-refractivity contribution is 5.81. The van der Waals surface area contributed by atoms with Crippen LogP contribution in [0.2, 0.25) is 0 Å². The maximum Gasteiger partial charge on any atom is 0.419 e. The van der Waals surface area contributed by atoms with Gasteiger partial charge < -0.3 is 0 Å². The molecule has 4 rings (SSSR count). The number of benzene rings is 1. The average molecular weight is 342 g/mol. The van der Waals surface area contributed by atoms with Crippen LogP contribution in [0.3, 0.4) is 0 Å². The Labute approximate surface area is 141 Å². The van der Waals surface area contributed by atoms with Crippen molar-refractivity contribution in [3.8, 4) is 11.8 Å². The van der Waals surface area contributed by atoms with Gasteiger partial charge in [0.25, 0.3) is 0 Å². The number of aromatic nitrogens is 4. The van der Waals surface area contributed by atoms with Crippen LogP contribution in [0.5, 0.6) is 0 Å². The molecule has 126 valence electrons. The lowest BCUT2D eigenvalue weighted by atomic mass is 10.0. The summed E-state index contributed by atoms with van der Waals surface area (Å²) in [5, 5.41) is 7.72. The first-order valence-electron chi connectivity index (χ1n) is 7.88. The highest BCUT2D eigenvalue weighted by Crippen LogP contribution is 2.37. The van der Waals surface area contributed by atoms with Crippen molar-refractivity contribution in [1.82, 2.24) is 20.0 Å². The van der Waals surface area contributed by atoms with Gasteiger partial charge in [-0.1, -0.05) is 17.1 Å². The Kier molecular flexibility index (Phi) is 3.68. The molecule has 0 aliphatic heterocycles. The molecule has 2 heterocycles. The van der Waals surface area contributed by atoms with Gasteiger partial charge in [-0.3, -0.25) is 4.98 Å². The molecular formula is C18H13F3N4. The molecule has 4 nitrogen and oxygen atoms in total. The molecule has 1 saturated carbocycles. The molecule has 0 amide bonds. The molecular weight excluding hydrogens is 329 g/mol. The monoisotopic (exact) mass is 342 g/mol. The third kappa shape index (κ3) is 3.20. The van der Waals surface area contributed by atoms with E-state index in [0.717, 1.165) is 12.8 Å². The molecule has 1 aromatic carbocycles. The number of hydrogen-bond donors (Lipinski definition) is 0. The van der Waals surface area contributed by atoms with Crippen molar-refractivity contribution in [2.45, 2.75) is 25.6 Å². The van der Waals surface area contributed by atoms with E-state index in [0.29, 0.717) is 23.5 Å². The summed E-state index contributed by atoms with van der Waals surface area (Å²) in [6.07, 6.45) is 0.705. The van der Waals surface area contributed by atoms with Crippen molar-refractivity contribution >= 4 is 11.0 Å². The van der Waals surface area contributed by atoms with E-state index < -0.39 is 11.7 Å². The van der Waals surface area contributed by atoms with Gasteiger partial charge >= 0.3 is 6.18 Å². The van der Waals surface area contributed by atoms with Crippen molar-refractivity contribution in [2.75, 3.05) is 0 Å². The molecule has 0 unspecified atom stereocenters. The van der Waals surface area contributed by atoms with Crippen molar-refractivity contribution in [1.29, 1.82) is 0 Å². The number of hydrogen-bond acceptors (Lipinski definition) is 3. The van der Waals surface area contributed by atoms with E-state index in [-0.39, 0.29) is 11.1 Å². The second kappa shape index (κ2) is 5.88. The third-order valence-corrected chi connectivity index (χ3v) is 4.12. The molecule has 0 N–H and O–H groups in total. The molecule has 3 aromatic rings. The van der Waals surface area contributed by atoms with E-state index in [1.807, 2.05) is 0 Å². The topological polar surface area (TPSA) is 43.6 Å². The van der Waals surface area contributed by atoms with Crippen LogP contribution < -0.4 is 0 Å². The van der Waals surface area contributed by atoms with Crippen molar-refractivity contribution in [3.05, 3.63) is 53.3 Å². The molecule has 25 heavy (non-hydrogen) atoms. The second-order valence-corrected chi connectivity index (χ2v) is 6.05. The molecule has 0 radical (unpaired) electrons. The van der Waals surface area contributed by atoms with Gasteiger partial charge in [0.2, 0.25) is 0 Å². The standard InChI is InChI=1S/C18H13F3N4/c19-18(20,21)16-14(4-3-12-7-9-22-10-8-12)5-6-15-17(16)23-24-25(15)11-13-1-2-13/h5-10,13H,1-2,11H2. The van der Waals surface area contributed by atoms with E-state index >= 15 is 0 Å². The Morgan fingerprint density at radius 2 is 1.84 bits per heavy atom. The van der Waals surface area contributed by atoms with E-state index in [4.69, 9.17) is 0 Å². The van der Waals surface area contributed by atoms with E-state index in [2.05, 4.69) is 27.1 Å². The summed E-state index contributed by atoms with van der Waals surface area (Å²) in [4.78, 5) is 3.86. The highest BCUT2D eigenvalue weighted by Gasteiger charge is 2.37. The first kappa shape index (κ1) is 15.6. The van der Waals surface area contributed by atoms with Crippen molar-refractivity contribution in [2.24, 2.45) is 5.92 Å². The lowest BCUT2D eigenvalue weighted by Crippen LogP contribution is -2.09. The Morgan fingerprint density at radius 1 is 1.08 bits per heavy atom. The summed E-state index contributed by atoms with van der Waals surface area (Å²) < 4.78 is 42.5. The Morgan fingerprint density at radius 3 is 2.52 bits per heavy atom. The number of alkyl halides is 3. The Balaban J connectivity index is 1.83. The number of fused-ring (bicyclic) bond motifs is 1. The van der Waals surface area contributed by atoms with Crippen LogP contribution in [0.25, 0.3) is 11.0 Å². The minimum absolute atomic E-state index is 0.102. The van der Waals surface area contributed by atoms with Gasteiger partial charge in [0.15, 0.2) is 0 Å². The van der Waals surface area contributed by atoms with Crippen LogP contribution in [-0.4, -0.2) is 20.0 Å². The van der Waals surface area contributed by atoms with Crippen molar-refractivity contribution < 1.29 is 13.2 Å². The predicted molar refractivity (Wildman–Crippen MR) is 85.5 cm³/mol. The van der Waals surface area contributed by atoms with E-state index in [9.17, 15) is 13.2 Å². The molecule has 1 aliphatic carbocycles. The van der Waals surface area contributed by atoms with Crippen LogP contribution in [0.1, 0.15) is 29.5 Å². The van der Waals surface area contributed by atoms with Gasteiger partial charge in [-0.15, -0.1) is 5.10 Å². The molecule has 1 fully saturated rings. The lowest BCUT2D eigenvalue weighted by molar-refractivity contribution is -0.136. The van der Waals surface area contributed by atoms with Gasteiger partial charge in [-0.05, 0) is 43.0 Å². The molecule has 0 spiro atoms. The van der Waals surface area contributed by atoms with Gasteiger partial charge in [-0.25, -0.2) is 4.68 Å². The zero-order valence-electron chi connectivity index (χ0n) is 13.1. The highest BCUT2D eigenvalue weighted by atomic mass is 19.4. The first-order chi connectivity index (χ1) is 12.0. The first-order valence-corrected chi connectivity index (χ1v) is 7.88. The van der Waals surface area contributed by atoms with Gasteiger partial charge in [0.1, 0.15) is 11.1 Å². The molecule has 0 atom stereocenters. The molecule has 7 heteroatoms. The Hall–Kier alpha value is -2.88. The quantitative estimate of drug-likeness (QED) is 0.668. The largest absolute Gasteiger partial charge is 0.419 e. The summed E-state index contributed by atoms with van der Waals surface area (Å²) in [7, 11) is 0. The van der Waals surface area contributed by atoms with E-state index in [1.54, 1.807) is 35.3 Å². The summed E-state index contributed by atoms with van der Waals surface area (Å²) >= 11 is 0. The summed E-state index contributed by atoms with van der Waals surface area (Å²) in [5.74, 6) is 5.85. The van der Waals surface area contributed by atoms with Crippen LogP contribution >= 0.6 is 0 Å². The van der Waals surface area contributed by atoms with Crippen LogP contribution in [0.4, 0.5) is 13.2 Å². The lowest BCUT2D eigenvalue weighted by Gasteiger charge is -2.10. The van der Waals surface area contributed by atoms with Crippen molar-refractivity contribution in [3.63, 3.8) is 0 Å². The summed E-state index contributed by atoms with van der Waals surface area (Å²) in [6, 6.07) is 6.30. The number of halogens is 3. The van der Waals surface area contributed by atoms with Crippen LogP contribution in [0.15, 0.2) is 36.7 Å². The van der Waals surface area contributed by atoms with Gasteiger partial charge in [0.05, 0.1) is 5.52 Å². The normalized spacial score (nSPS) is 14.4. The zero-order chi connectivity index (χ0) is 17.4. The summed E-state index contributed by atoms with van der Waals surface area (Å²) in [6.45, 7) is 0.607.